The van der Waals surface area contributed by atoms with Crippen molar-refractivity contribution in [2.75, 3.05) is 63.9 Å². The molecule has 0 saturated carbocycles. The molecule has 7 heteroatoms. The Kier molecular flexibility index (Phi) is 15.8. The molecule has 184 valence electrons. The largest absolute Gasteiger partial charge is 0.396 e. The average Bonchev–Trinajstić information content (AvgIpc) is 2.77. The van der Waals surface area contributed by atoms with Crippen LogP contribution in [0, 0.1) is 12.8 Å². The minimum Gasteiger partial charge on any atom is -0.396 e. The van der Waals surface area contributed by atoms with Crippen LogP contribution in [0.15, 0.2) is 29.3 Å². The summed E-state index contributed by atoms with van der Waals surface area (Å²) in [6.45, 7) is 15.0. The second-order valence-electron chi connectivity index (χ2n) is 8.69. The van der Waals surface area contributed by atoms with Gasteiger partial charge in [0.25, 0.3) is 0 Å². The third kappa shape index (κ3) is 11.2. The molecule has 1 aromatic carbocycles. The first-order valence-electron chi connectivity index (χ1n) is 12.3. The lowest BCUT2D eigenvalue weighted by Gasteiger charge is -2.36. The number of hydrogen-bond acceptors (Lipinski definition) is 4. The Morgan fingerprint density at radius 2 is 1.88 bits per heavy atom. The number of benzene rings is 1. The molecule has 0 radical (unpaired) electrons. The van der Waals surface area contributed by atoms with Gasteiger partial charge in [-0.25, -0.2) is 0 Å². The van der Waals surface area contributed by atoms with Gasteiger partial charge in [-0.2, -0.15) is 0 Å². The summed E-state index contributed by atoms with van der Waals surface area (Å²) in [5.74, 6) is 1.39. The summed E-state index contributed by atoms with van der Waals surface area (Å²) < 4.78 is 0. The number of aliphatic hydroxyl groups is 1. The quantitative estimate of drug-likeness (QED) is 0.148. The van der Waals surface area contributed by atoms with Gasteiger partial charge in [0.2, 0.25) is 0 Å². The molecular weight excluding hydrogens is 513 g/mol. The van der Waals surface area contributed by atoms with Gasteiger partial charge < -0.3 is 20.6 Å². The van der Waals surface area contributed by atoms with Crippen LogP contribution in [0.25, 0.3) is 0 Å². The molecule has 32 heavy (non-hydrogen) atoms. The van der Waals surface area contributed by atoms with E-state index in [-0.39, 0.29) is 30.6 Å². The molecule has 0 bridgehead atoms. The van der Waals surface area contributed by atoms with Gasteiger partial charge >= 0.3 is 0 Å². The Labute approximate surface area is 213 Å². The molecule has 0 amide bonds. The number of aliphatic imine (C=N–C) groups is 1. The Hall–Kier alpha value is -1.06. The van der Waals surface area contributed by atoms with Gasteiger partial charge in [-0.3, -0.25) is 9.89 Å². The molecule has 1 atom stereocenters. The third-order valence-electron chi connectivity index (χ3n) is 6.02. The van der Waals surface area contributed by atoms with Gasteiger partial charge in [0, 0.05) is 58.1 Å². The van der Waals surface area contributed by atoms with Gasteiger partial charge in [0.15, 0.2) is 5.96 Å². The number of rotatable bonds is 13. The van der Waals surface area contributed by atoms with E-state index in [1.807, 2.05) is 0 Å². The van der Waals surface area contributed by atoms with Gasteiger partial charge in [-0.1, -0.05) is 25.5 Å². The summed E-state index contributed by atoms with van der Waals surface area (Å²) in [7, 11) is 0. The van der Waals surface area contributed by atoms with Crippen molar-refractivity contribution in [3.63, 3.8) is 0 Å². The van der Waals surface area contributed by atoms with Crippen LogP contribution in [0.1, 0.15) is 51.5 Å². The Morgan fingerprint density at radius 1 is 1.09 bits per heavy atom. The molecule has 0 aromatic heterocycles. The van der Waals surface area contributed by atoms with Crippen molar-refractivity contribution in [2.24, 2.45) is 10.9 Å². The summed E-state index contributed by atoms with van der Waals surface area (Å²) in [6, 6.07) is 8.84. The molecule has 1 heterocycles. The molecule has 1 aromatic rings. The maximum absolute atomic E-state index is 9.24. The SMILES string of the molecule is CCCC(CCO)CN=C(NCC)NCCCCN1CCN(c2cccc(C)c2)CC1.I. The van der Waals surface area contributed by atoms with Crippen LogP contribution in [0.2, 0.25) is 0 Å². The molecule has 0 aliphatic carbocycles. The van der Waals surface area contributed by atoms with Crippen molar-refractivity contribution in [2.45, 2.75) is 52.9 Å². The molecule has 1 fully saturated rings. The molecule has 6 nitrogen and oxygen atoms in total. The summed E-state index contributed by atoms with van der Waals surface area (Å²) in [6.07, 6.45) is 5.47. The fourth-order valence-electron chi connectivity index (χ4n) is 4.20. The van der Waals surface area contributed by atoms with Crippen molar-refractivity contribution in [1.29, 1.82) is 0 Å². The van der Waals surface area contributed by atoms with Gasteiger partial charge in [0.1, 0.15) is 0 Å². The lowest BCUT2D eigenvalue weighted by molar-refractivity contribution is 0.253. The zero-order chi connectivity index (χ0) is 22.3. The molecule has 3 N–H and O–H groups in total. The maximum Gasteiger partial charge on any atom is 0.191 e. The van der Waals surface area contributed by atoms with E-state index in [0.29, 0.717) is 5.92 Å². The summed E-state index contributed by atoms with van der Waals surface area (Å²) in [4.78, 5) is 9.85. The van der Waals surface area contributed by atoms with Crippen molar-refractivity contribution in [3.05, 3.63) is 29.8 Å². The fraction of sp³-hybridized carbons (Fsp3) is 0.720. The summed E-state index contributed by atoms with van der Waals surface area (Å²) in [5, 5.41) is 16.1. The van der Waals surface area contributed by atoms with Crippen LogP contribution in [-0.2, 0) is 0 Å². The van der Waals surface area contributed by atoms with Crippen LogP contribution in [0.3, 0.4) is 0 Å². The smallest absolute Gasteiger partial charge is 0.191 e. The van der Waals surface area contributed by atoms with Gasteiger partial charge in [-0.05, 0) is 69.7 Å². The number of anilines is 1. The number of guanidine groups is 1. The van der Waals surface area contributed by atoms with E-state index in [0.717, 1.165) is 77.5 Å². The normalized spacial score (nSPS) is 15.9. The van der Waals surface area contributed by atoms with Crippen LogP contribution < -0.4 is 15.5 Å². The number of halogens is 1. The third-order valence-corrected chi connectivity index (χ3v) is 6.02. The first kappa shape index (κ1) is 29.0. The van der Waals surface area contributed by atoms with E-state index in [2.05, 4.69) is 65.5 Å². The molecule has 1 saturated heterocycles. The highest BCUT2D eigenvalue weighted by atomic mass is 127. The highest BCUT2D eigenvalue weighted by Gasteiger charge is 2.16. The molecule has 1 unspecified atom stereocenters. The van der Waals surface area contributed by atoms with Gasteiger partial charge in [0.05, 0.1) is 0 Å². The van der Waals surface area contributed by atoms with Gasteiger partial charge in [-0.15, -0.1) is 24.0 Å². The Balaban J connectivity index is 0.00000512. The highest BCUT2D eigenvalue weighted by Crippen LogP contribution is 2.18. The first-order valence-corrected chi connectivity index (χ1v) is 12.3. The van der Waals surface area contributed by atoms with Crippen LogP contribution in [-0.4, -0.2) is 74.9 Å². The molecule has 0 spiro atoms. The zero-order valence-corrected chi connectivity index (χ0v) is 22.8. The molecular formula is C25H46IN5O. The monoisotopic (exact) mass is 559 g/mol. The number of aliphatic hydroxyl groups excluding tert-OH is 1. The Bertz CT molecular complexity index is 629. The number of nitrogens with one attached hydrogen (secondary N) is 2. The first-order chi connectivity index (χ1) is 15.2. The molecule has 2 rings (SSSR count). The highest BCUT2D eigenvalue weighted by molar-refractivity contribution is 14.0. The number of piperazine rings is 1. The maximum atomic E-state index is 9.24. The number of unbranched alkanes of at least 4 members (excludes halogenated alkanes) is 1. The fourth-order valence-corrected chi connectivity index (χ4v) is 4.20. The van der Waals surface area contributed by atoms with Crippen molar-refractivity contribution < 1.29 is 5.11 Å². The molecule has 1 aliphatic rings. The van der Waals surface area contributed by atoms with Crippen molar-refractivity contribution >= 4 is 35.6 Å². The van der Waals surface area contributed by atoms with E-state index >= 15 is 0 Å². The second-order valence-corrected chi connectivity index (χ2v) is 8.69. The Morgan fingerprint density at radius 3 is 2.53 bits per heavy atom. The lowest BCUT2D eigenvalue weighted by atomic mass is 10.0. The van der Waals surface area contributed by atoms with E-state index < -0.39 is 0 Å². The number of aryl methyl sites for hydroxylation is 1. The summed E-state index contributed by atoms with van der Waals surface area (Å²) in [5.41, 5.74) is 2.70. The minimum atomic E-state index is 0. The van der Waals surface area contributed by atoms with Crippen LogP contribution in [0.4, 0.5) is 5.69 Å². The van der Waals surface area contributed by atoms with Crippen molar-refractivity contribution in [1.82, 2.24) is 15.5 Å². The minimum absolute atomic E-state index is 0. The standard InChI is InChI=1S/C25H45N5O.HI/c1-4-9-23(12-19-31)21-28-25(26-5-2)27-13-6-7-14-29-15-17-30(18-16-29)24-11-8-10-22(3)20-24;/h8,10-11,20,23,31H,4-7,9,12-19,21H2,1-3H3,(H2,26,27,28);1H. The lowest BCUT2D eigenvalue weighted by Crippen LogP contribution is -2.46. The van der Waals surface area contributed by atoms with Crippen LogP contribution in [0.5, 0.6) is 0 Å². The second kappa shape index (κ2) is 17.4. The topological polar surface area (TPSA) is 63.1 Å². The van der Waals surface area contributed by atoms with E-state index in [4.69, 9.17) is 4.99 Å². The predicted octanol–water partition coefficient (Wildman–Crippen LogP) is 3.87. The zero-order valence-electron chi connectivity index (χ0n) is 20.5. The predicted molar refractivity (Wildman–Crippen MR) is 149 cm³/mol. The number of hydrogen-bond donors (Lipinski definition) is 3. The summed E-state index contributed by atoms with van der Waals surface area (Å²) >= 11 is 0. The van der Waals surface area contributed by atoms with E-state index in [1.54, 1.807) is 0 Å². The van der Waals surface area contributed by atoms with E-state index in [1.165, 1.54) is 24.2 Å². The van der Waals surface area contributed by atoms with Crippen LogP contribution >= 0.6 is 24.0 Å². The number of nitrogens with zero attached hydrogens (tertiary/aromatic N) is 3. The molecule has 1 aliphatic heterocycles. The van der Waals surface area contributed by atoms with Crippen molar-refractivity contribution in [3.8, 4) is 0 Å². The van der Waals surface area contributed by atoms with E-state index in [9.17, 15) is 5.11 Å². The average molecular weight is 560 g/mol.